The molecule has 0 aromatic rings. The number of ether oxygens (including phenoxy) is 3. The van der Waals surface area contributed by atoms with Gasteiger partial charge in [0.2, 0.25) is 0 Å². The van der Waals surface area contributed by atoms with Crippen LogP contribution in [0.3, 0.4) is 0 Å². The van der Waals surface area contributed by atoms with Gasteiger partial charge in [0.05, 0.1) is 19.8 Å². The van der Waals surface area contributed by atoms with E-state index in [2.05, 4.69) is 124 Å². The Morgan fingerprint density at radius 2 is 0.757 bits per heavy atom. The van der Waals surface area contributed by atoms with Crippen molar-refractivity contribution >= 4 is 25.7 Å². The van der Waals surface area contributed by atoms with E-state index in [0.717, 1.165) is 89.9 Å². The molecule has 0 aromatic carbocycles. The summed E-state index contributed by atoms with van der Waals surface area (Å²) in [5.41, 5.74) is 0. The molecule has 0 saturated heterocycles. The highest BCUT2D eigenvalue weighted by atomic mass is 31.2. The molecule has 0 bridgehead atoms. The van der Waals surface area contributed by atoms with Crippen molar-refractivity contribution in [1.82, 2.24) is 0 Å². The van der Waals surface area contributed by atoms with Crippen LogP contribution in [0.15, 0.2) is 109 Å². The van der Waals surface area contributed by atoms with Crippen LogP contribution >= 0.6 is 7.82 Å². The van der Waals surface area contributed by atoms with Gasteiger partial charge < -0.3 is 24.2 Å². The van der Waals surface area contributed by atoms with E-state index in [0.29, 0.717) is 25.7 Å². The minimum absolute atomic E-state index is 0.0985. The van der Waals surface area contributed by atoms with Gasteiger partial charge in [-0.3, -0.25) is 23.4 Å². The Balaban J connectivity index is 4.90. The molecule has 3 atom stereocenters. The third-order valence-corrected chi connectivity index (χ3v) is 11.6. The topological polar surface area (TPSA) is 155 Å². The maximum Gasteiger partial charge on any atom is 0.472 e. The first-order chi connectivity index (χ1) is 34.2. The summed E-state index contributed by atoms with van der Waals surface area (Å²) in [6.45, 7) is 4.27. The highest BCUT2D eigenvalue weighted by Gasteiger charge is 2.28. The molecule has 0 rings (SSSR count). The van der Waals surface area contributed by atoms with Crippen molar-refractivity contribution in [2.24, 2.45) is 0 Å². The molecule has 3 unspecified atom stereocenters. The van der Waals surface area contributed by atoms with Gasteiger partial charge in [-0.1, -0.05) is 194 Å². The highest BCUT2D eigenvalue weighted by Crippen LogP contribution is 2.43. The fourth-order valence-corrected chi connectivity index (χ4v) is 7.46. The van der Waals surface area contributed by atoms with Crippen molar-refractivity contribution in [2.75, 3.05) is 26.4 Å². The first kappa shape index (κ1) is 66.1. The lowest BCUT2D eigenvalue weighted by Crippen LogP contribution is -2.30. The van der Waals surface area contributed by atoms with Crippen LogP contribution in [-0.4, -0.2) is 66.5 Å². The molecule has 0 aliphatic rings. The summed E-state index contributed by atoms with van der Waals surface area (Å²) in [5.74, 6) is -1.60. The minimum atomic E-state index is -4.77. The van der Waals surface area contributed by atoms with Crippen LogP contribution in [0.1, 0.15) is 201 Å². The van der Waals surface area contributed by atoms with Crippen LogP contribution in [0.25, 0.3) is 0 Å². The zero-order valence-electron chi connectivity index (χ0n) is 43.7. The summed E-state index contributed by atoms with van der Waals surface area (Å²) >= 11 is 0. The molecule has 0 aliphatic heterocycles. The van der Waals surface area contributed by atoms with Crippen molar-refractivity contribution in [3.63, 3.8) is 0 Å². The lowest BCUT2D eigenvalue weighted by molar-refractivity contribution is -0.161. The number of phosphoric acid groups is 1. The number of phosphoric ester groups is 1. The quantitative estimate of drug-likeness (QED) is 0.0197. The van der Waals surface area contributed by atoms with Crippen LogP contribution < -0.4 is 0 Å². The monoisotopic (exact) mass is 999 g/mol. The Labute approximate surface area is 425 Å². The Bertz CT molecular complexity index is 1590. The number of esters is 3. The average molecular weight is 999 g/mol. The zero-order valence-corrected chi connectivity index (χ0v) is 44.6. The third-order valence-electron chi connectivity index (χ3n) is 10.7. The number of allylic oxidation sites excluding steroid dienone is 18. The minimum Gasteiger partial charge on any atom is -0.462 e. The van der Waals surface area contributed by atoms with E-state index in [1.807, 2.05) is 6.08 Å². The summed E-state index contributed by atoms with van der Waals surface area (Å²) in [6, 6.07) is 0. The average Bonchev–Trinajstić information content (AvgIpc) is 3.35. The van der Waals surface area contributed by atoms with Crippen LogP contribution in [0.4, 0.5) is 0 Å². The number of carbonyl (C=O) groups is 3. The molecule has 0 heterocycles. The normalized spacial score (nSPS) is 14.3. The van der Waals surface area contributed by atoms with Crippen molar-refractivity contribution in [3.05, 3.63) is 109 Å². The molecule has 0 amide bonds. The molecule has 11 nitrogen and oxygen atoms in total. The van der Waals surface area contributed by atoms with Gasteiger partial charge in [0, 0.05) is 19.3 Å². The van der Waals surface area contributed by atoms with Crippen molar-refractivity contribution < 1.29 is 52.2 Å². The second kappa shape index (κ2) is 51.5. The van der Waals surface area contributed by atoms with Gasteiger partial charge in [0.15, 0.2) is 6.10 Å². The molecule has 0 aromatic heterocycles. The van der Waals surface area contributed by atoms with E-state index in [1.165, 1.54) is 44.9 Å². The lowest BCUT2D eigenvalue weighted by Gasteiger charge is -2.21. The summed E-state index contributed by atoms with van der Waals surface area (Å²) in [7, 11) is -4.77. The Morgan fingerprint density at radius 1 is 0.414 bits per heavy atom. The number of carbonyl (C=O) groups excluding carboxylic acids is 3. The molecule has 12 heteroatoms. The Kier molecular flexibility index (Phi) is 48.7. The lowest BCUT2D eigenvalue weighted by atomic mass is 10.1. The third kappa shape index (κ3) is 49.1. The summed E-state index contributed by atoms with van der Waals surface area (Å²) in [4.78, 5) is 48.3. The van der Waals surface area contributed by atoms with E-state index in [1.54, 1.807) is 0 Å². The molecule has 0 spiro atoms. The van der Waals surface area contributed by atoms with Gasteiger partial charge in [0.25, 0.3) is 0 Å². The predicted octanol–water partition coefficient (Wildman–Crippen LogP) is 15.5. The second-order valence-corrected chi connectivity index (χ2v) is 18.7. The van der Waals surface area contributed by atoms with Crippen LogP contribution in [0.2, 0.25) is 0 Å². The number of rotatable bonds is 48. The molecule has 398 valence electrons. The maximum absolute atomic E-state index is 12.9. The van der Waals surface area contributed by atoms with Gasteiger partial charge in [0.1, 0.15) is 12.7 Å². The number of hydrogen-bond acceptors (Lipinski definition) is 10. The number of hydrogen-bond donors (Lipinski definition) is 2. The summed E-state index contributed by atoms with van der Waals surface area (Å²) < 4.78 is 39.3. The van der Waals surface area contributed by atoms with Gasteiger partial charge in [-0.15, -0.1) is 0 Å². The van der Waals surface area contributed by atoms with Crippen LogP contribution in [0, 0.1) is 0 Å². The SMILES string of the molecule is CC/C=C\C/C=C\C/C=C\C/C=C\C/C=C\CCCC(=O)OCC(COP(=O)(O)OCC(CO)OC(=O)CCCCCCCCCCCCC)OC(=O)CCCC/C=C\C/C=C\C/C=C\C/C=C\CC. The molecule has 0 aliphatic carbocycles. The first-order valence-electron chi connectivity index (χ1n) is 26.8. The van der Waals surface area contributed by atoms with Gasteiger partial charge in [-0.25, -0.2) is 4.57 Å². The molecule has 0 fully saturated rings. The van der Waals surface area contributed by atoms with E-state index in [-0.39, 0.29) is 25.9 Å². The summed E-state index contributed by atoms with van der Waals surface area (Å²) in [5, 5.41) is 9.77. The van der Waals surface area contributed by atoms with E-state index < -0.39 is 57.8 Å². The molecule has 0 radical (unpaired) electrons. The van der Waals surface area contributed by atoms with E-state index in [4.69, 9.17) is 23.3 Å². The summed E-state index contributed by atoms with van der Waals surface area (Å²) in [6.07, 6.45) is 60.7. The van der Waals surface area contributed by atoms with Crippen LogP contribution in [0.5, 0.6) is 0 Å². The van der Waals surface area contributed by atoms with Crippen LogP contribution in [-0.2, 0) is 42.2 Å². The number of unbranched alkanes of at least 4 members (excludes halogenated alkanes) is 13. The smallest absolute Gasteiger partial charge is 0.462 e. The van der Waals surface area contributed by atoms with Crippen molar-refractivity contribution in [2.45, 2.75) is 213 Å². The fraction of sp³-hybridized carbons (Fsp3) is 0.638. The maximum atomic E-state index is 12.9. The molecular weight excluding hydrogens is 904 g/mol. The van der Waals surface area contributed by atoms with Gasteiger partial charge >= 0.3 is 25.7 Å². The largest absolute Gasteiger partial charge is 0.472 e. The van der Waals surface area contributed by atoms with E-state index >= 15 is 0 Å². The molecule has 0 saturated carbocycles. The standard InChI is InChI=1S/C58H95O11P/c1-4-7-10-13-16-19-22-24-26-27-29-30-33-35-38-41-44-47-56(60)65-51-55(69-58(62)49-46-43-40-37-34-31-28-25-23-20-17-14-11-8-5-2)53-67-70(63,64)66-52-54(50-59)68-57(61)48-45-42-39-36-32-21-18-15-12-9-6-3/h7-8,10-11,16-17,19-20,24-26,28-30,34-35,37-38,54-55,59H,4-6,9,12-15,18,21-23,27,31-33,36,39-53H2,1-3H3,(H,63,64)/b10-7-,11-8-,19-16-,20-17-,26-24-,28-25-,30-29-,37-34-,38-35-. The first-order valence-corrected chi connectivity index (χ1v) is 28.3. The second-order valence-electron chi connectivity index (χ2n) is 17.3. The van der Waals surface area contributed by atoms with Gasteiger partial charge in [-0.2, -0.15) is 0 Å². The van der Waals surface area contributed by atoms with Gasteiger partial charge in [-0.05, 0) is 96.3 Å². The van der Waals surface area contributed by atoms with E-state index in [9.17, 15) is 28.9 Å². The number of aliphatic hydroxyl groups is 1. The predicted molar refractivity (Wildman–Crippen MR) is 288 cm³/mol. The Hall–Kier alpha value is -3.86. The fourth-order valence-electron chi connectivity index (χ4n) is 6.68. The molecular formula is C58H95O11P. The zero-order chi connectivity index (χ0) is 51.3. The Morgan fingerprint density at radius 3 is 1.19 bits per heavy atom. The molecule has 70 heavy (non-hydrogen) atoms. The number of aliphatic hydroxyl groups excluding tert-OH is 1. The highest BCUT2D eigenvalue weighted by molar-refractivity contribution is 7.47. The van der Waals surface area contributed by atoms with Crippen molar-refractivity contribution in [1.29, 1.82) is 0 Å². The van der Waals surface area contributed by atoms with Crippen molar-refractivity contribution in [3.8, 4) is 0 Å². The molecule has 2 N–H and O–H groups in total.